The highest BCUT2D eigenvalue weighted by Gasteiger charge is 2.20. The molecule has 1 unspecified atom stereocenters. The van der Waals surface area contributed by atoms with Crippen molar-refractivity contribution in [2.45, 2.75) is 19.8 Å². The highest BCUT2D eigenvalue weighted by molar-refractivity contribution is 5.94. The smallest absolute Gasteiger partial charge is 0.251 e. The lowest BCUT2D eigenvalue weighted by Gasteiger charge is -2.23. The van der Waals surface area contributed by atoms with Gasteiger partial charge in [0, 0.05) is 54.9 Å². The van der Waals surface area contributed by atoms with Gasteiger partial charge in [0.15, 0.2) is 0 Å². The van der Waals surface area contributed by atoms with E-state index in [1.54, 1.807) is 26.6 Å². The van der Waals surface area contributed by atoms with Gasteiger partial charge in [0.1, 0.15) is 17.9 Å². The molecule has 0 aliphatic rings. The molecule has 0 spiro atoms. The van der Waals surface area contributed by atoms with Crippen LogP contribution >= 0.6 is 0 Å². The maximum Gasteiger partial charge on any atom is 0.251 e. The minimum atomic E-state index is -0.127. The number of nitrogens with zero attached hydrogens (tertiary/aromatic N) is 3. The minimum absolute atomic E-state index is 0.127. The van der Waals surface area contributed by atoms with E-state index in [2.05, 4.69) is 69.5 Å². The number of methoxy groups -OCH3 is 1. The molecule has 2 atom stereocenters. The highest BCUT2D eigenvalue weighted by Crippen LogP contribution is 2.33. The molecule has 2 N–H and O–H groups in total. The third-order valence-electron chi connectivity index (χ3n) is 6.52. The van der Waals surface area contributed by atoms with E-state index >= 15 is 0 Å². The van der Waals surface area contributed by atoms with Crippen LogP contribution in [0, 0.1) is 5.92 Å². The van der Waals surface area contributed by atoms with Gasteiger partial charge in [-0.25, -0.2) is 9.97 Å². The van der Waals surface area contributed by atoms with Crippen LogP contribution in [0.3, 0.4) is 0 Å². The molecule has 4 rings (SSSR count). The predicted molar refractivity (Wildman–Crippen MR) is 136 cm³/mol. The number of nitrogens with one attached hydrogen (secondary N) is 2. The first-order valence-electron chi connectivity index (χ1n) is 11.4. The van der Waals surface area contributed by atoms with Crippen molar-refractivity contribution < 1.29 is 9.53 Å². The van der Waals surface area contributed by atoms with Gasteiger partial charge in [-0.05, 0) is 47.7 Å². The van der Waals surface area contributed by atoms with Crippen molar-refractivity contribution in [1.82, 2.24) is 19.9 Å². The van der Waals surface area contributed by atoms with E-state index in [1.807, 2.05) is 25.2 Å². The lowest BCUT2D eigenvalue weighted by molar-refractivity contribution is 0.0962. The second kappa shape index (κ2) is 9.95. The Bertz CT molecular complexity index is 1310. The predicted octanol–water partition coefficient (Wildman–Crippen LogP) is 4.86. The zero-order valence-electron chi connectivity index (χ0n) is 20.3. The molecule has 1 amide bonds. The van der Waals surface area contributed by atoms with Gasteiger partial charge in [0.05, 0.1) is 12.8 Å². The lowest BCUT2D eigenvalue weighted by Crippen LogP contribution is -2.20. The molecular formula is C27H31N5O2. The molecule has 176 valence electrons. The molecule has 2 heterocycles. The van der Waals surface area contributed by atoms with Gasteiger partial charge >= 0.3 is 0 Å². The van der Waals surface area contributed by atoms with Crippen molar-refractivity contribution in [3.63, 3.8) is 0 Å². The Kier molecular flexibility index (Phi) is 6.82. The van der Waals surface area contributed by atoms with Crippen LogP contribution in [0.5, 0.6) is 5.75 Å². The van der Waals surface area contributed by atoms with Crippen molar-refractivity contribution in [2.24, 2.45) is 13.0 Å². The van der Waals surface area contributed by atoms with E-state index < -0.39 is 0 Å². The maximum atomic E-state index is 12.0. The molecule has 0 radical (unpaired) electrons. The molecule has 34 heavy (non-hydrogen) atoms. The minimum Gasteiger partial charge on any atom is -0.496 e. The fourth-order valence-electron chi connectivity index (χ4n) is 4.17. The number of amides is 1. The number of carbonyl (C=O) groups is 1. The summed E-state index contributed by atoms with van der Waals surface area (Å²) in [5, 5.41) is 7.30. The summed E-state index contributed by atoms with van der Waals surface area (Å²) in [6.07, 6.45) is 3.66. The zero-order valence-corrected chi connectivity index (χ0v) is 20.3. The van der Waals surface area contributed by atoms with E-state index in [4.69, 9.17) is 4.74 Å². The molecule has 0 aliphatic carbocycles. The summed E-state index contributed by atoms with van der Waals surface area (Å²) in [5.41, 5.74) is 4.80. The van der Waals surface area contributed by atoms with E-state index in [9.17, 15) is 4.79 Å². The second-order valence-corrected chi connectivity index (χ2v) is 8.67. The number of anilines is 1. The topological polar surface area (TPSA) is 81.1 Å². The van der Waals surface area contributed by atoms with Gasteiger partial charge in [-0.15, -0.1) is 0 Å². The number of aryl methyl sites for hydroxylation is 1. The quantitative estimate of drug-likeness (QED) is 0.395. The van der Waals surface area contributed by atoms with Crippen LogP contribution in [0.15, 0.2) is 61.1 Å². The summed E-state index contributed by atoms with van der Waals surface area (Å²) in [7, 11) is 5.30. The van der Waals surface area contributed by atoms with E-state index in [0.29, 0.717) is 11.5 Å². The fraction of sp³-hybridized carbons (Fsp3) is 0.296. The average molecular weight is 458 g/mol. The standard InChI is InChI=1S/C27H31N5O2/c1-17(18(2)22-8-6-21(27(33)28-3)13-25(22)34-5)15-29-26-14-23(30-16-31-26)19-7-9-24-20(12-19)10-11-32(24)4/h6-14,16-18H,15H2,1-5H3,(H,28,33)(H,29,30,31)/t17?,18-/m1/s1. The lowest BCUT2D eigenvalue weighted by atomic mass is 9.87. The van der Waals surface area contributed by atoms with Gasteiger partial charge in [-0.2, -0.15) is 0 Å². The maximum absolute atomic E-state index is 12.0. The number of benzene rings is 2. The number of hydrogen-bond donors (Lipinski definition) is 2. The largest absolute Gasteiger partial charge is 0.496 e. The van der Waals surface area contributed by atoms with Crippen LogP contribution < -0.4 is 15.4 Å². The van der Waals surface area contributed by atoms with Gasteiger partial charge < -0.3 is 19.9 Å². The molecular weight excluding hydrogens is 426 g/mol. The summed E-state index contributed by atoms with van der Waals surface area (Å²) < 4.78 is 7.70. The van der Waals surface area contributed by atoms with E-state index in [0.717, 1.165) is 34.9 Å². The average Bonchev–Trinajstić information content (AvgIpc) is 3.25. The monoisotopic (exact) mass is 457 g/mol. The molecule has 2 aromatic carbocycles. The van der Waals surface area contributed by atoms with Crippen LogP contribution in [-0.2, 0) is 7.05 Å². The SMILES string of the molecule is CNC(=O)c1ccc([C@H](C)C(C)CNc2cc(-c3ccc4c(ccn4C)c3)ncn2)c(OC)c1. The molecule has 0 saturated heterocycles. The van der Waals surface area contributed by atoms with Crippen LogP contribution in [0.2, 0.25) is 0 Å². The highest BCUT2D eigenvalue weighted by atomic mass is 16.5. The van der Waals surface area contributed by atoms with Crippen molar-refractivity contribution in [3.05, 3.63) is 72.2 Å². The third-order valence-corrected chi connectivity index (χ3v) is 6.52. The van der Waals surface area contributed by atoms with Crippen LogP contribution in [0.25, 0.3) is 22.2 Å². The first-order chi connectivity index (χ1) is 16.4. The summed E-state index contributed by atoms with van der Waals surface area (Å²) in [4.78, 5) is 20.9. The number of fused-ring (bicyclic) bond motifs is 1. The first kappa shape index (κ1) is 23.3. The molecule has 0 fully saturated rings. The Labute approximate surface area is 200 Å². The van der Waals surface area contributed by atoms with Crippen LogP contribution in [0.4, 0.5) is 5.82 Å². The Hall–Kier alpha value is -3.87. The third kappa shape index (κ3) is 4.73. The number of rotatable bonds is 8. The Morgan fingerprint density at radius 3 is 2.68 bits per heavy atom. The molecule has 2 aromatic heterocycles. The zero-order chi connectivity index (χ0) is 24.2. The molecule has 0 aliphatic heterocycles. The first-order valence-corrected chi connectivity index (χ1v) is 11.4. The fourth-order valence-corrected chi connectivity index (χ4v) is 4.17. The normalized spacial score (nSPS) is 12.9. The second-order valence-electron chi connectivity index (χ2n) is 8.67. The molecule has 0 saturated carbocycles. The van der Waals surface area contributed by atoms with Crippen molar-refractivity contribution in [3.8, 4) is 17.0 Å². The Morgan fingerprint density at radius 2 is 1.91 bits per heavy atom. The molecule has 4 aromatic rings. The number of aromatic nitrogens is 3. The van der Waals surface area contributed by atoms with Crippen molar-refractivity contribution >= 4 is 22.6 Å². The summed E-state index contributed by atoms with van der Waals surface area (Å²) in [5.74, 6) is 1.89. The molecule has 7 nitrogen and oxygen atoms in total. The van der Waals surface area contributed by atoms with Gasteiger partial charge in [-0.3, -0.25) is 4.79 Å². The molecule has 7 heteroatoms. The Balaban J connectivity index is 1.46. The van der Waals surface area contributed by atoms with Crippen molar-refractivity contribution in [1.29, 1.82) is 0 Å². The van der Waals surface area contributed by atoms with Crippen molar-refractivity contribution in [2.75, 3.05) is 26.0 Å². The Morgan fingerprint density at radius 1 is 1.09 bits per heavy atom. The van der Waals surface area contributed by atoms with E-state index in [1.165, 1.54) is 10.9 Å². The van der Waals surface area contributed by atoms with Gasteiger partial charge in [0.25, 0.3) is 5.91 Å². The summed E-state index contributed by atoms with van der Waals surface area (Å²) in [6.45, 7) is 5.09. The number of carbonyl (C=O) groups excluding carboxylic acids is 1. The van der Waals surface area contributed by atoms with Crippen LogP contribution in [0.1, 0.15) is 35.7 Å². The molecule has 0 bridgehead atoms. The summed E-state index contributed by atoms with van der Waals surface area (Å²) >= 11 is 0. The number of hydrogen-bond acceptors (Lipinski definition) is 5. The van der Waals surface area contributed by atoms with Gasteiger partial charge in [-0.1, -0.05) is 26.0 Å². The van der Waals surface area contributed by atoms with Crippen LogP contribution in [-0.4, -0.2) is 41.1 Å². The van der Waals surface area contributed by atoms with Gasteiger partial charge in [0.2, 0.25) is 0 Å². The summed E-state index contributed by atoms with van der Waals surface area (Å²) in [6, 6.07) is 16.1. The van der Waals surface area contributed by atoms with E-state index in [-0.39, 0.29) is 11.8 Å². The number of ether oxygens (including phenoxy) is 1.